The molecule has 4 rings (SSSR count). The fourth-order valence-electron chi connectivity index (χ4n) is 4.30. The zero-order valence-corrected chi connectivity index (χ0v) is 16.7. The maximum Gasteiger partial charge on any atom is 0.258 e. The van der Waals surface area contributed by atoms with E-state index in [9.17, 15) is 4.79 Å². The number of nitrogens with zero attached hydrogens (tertiary/aromatic N) is 1. The minimum atomic E-state index is -0.166. The van der Waals surface area contributed by atoms with Gasteiger partial charge in [-0.2, -0.15) is 0 Å². The Morgan fingerprint density at radius 1 is 1.21 bits per heavy atom. The van der Waals surface area contributed by atoms with Crippen LogP contribution in [0.25, 0.3) is 11.0 Å². The van der Waals surface area contributed by atoms with E-state index in [1.54, 1.807) is 6.07 Å². The second-order valence-electron chi connectivity index (χ2n) is 7.61. The summed E-state index contributed by atoms with van der Waals surface area (Å²) in [6, 6.07) is 8.13. The Balaban J connectivity index is 1.59. The van der Waals surface area contributed by atoms with Gasteiger partial charge in [-0.25, -0.2) is 0 Å². The van der Waals surface area contributed by atoms with Crippen LogP contribution in [0.3, 0.4) is 0 Å². The first kappa shape index (κ1) is 18.8. The van der Waals surface area contributed by atoms with Crippen molar-refractivity contribution in [3.63, 3.8) is 0 Å². The number of hydrogen-bond acceptors (Lipinski definition) is 4. The Kier molecular flexibility index (Phi) is 5.53. The van der Waals surface area contributed by atoms with Crippen molar-refractivity contribution in [1.29, 1.82) is 0 Å². The van der Waals surface area contributed by atoms with Crippen molar-refractivity contribution in [2.45, 2.75) is 52.0 Å². The van der Waals surface area contributed by atoms with Crippen molar-refractivity contribution < 1.29 is 13.6 Å². The summed E-state index contributed by atoms with van der Waals surface area (Å²) in [5.41, 5.74) is 3.51. The second-order valence-corrected chi connectivity index (χ2v) is 7.61. The molecule has 1 unspecified atom stereocenters. The molecular weight excluding hydrogens is 352 g/mol. The van der Waals surface area contributed by atoms with E-state index in [0.717, 1.165) is 54.8 Å². The van der Waals surface area contributed by atoms with Crippen LogP contribution in [0.2, 0.25) is 0 Å². The van der Waals surface area contributed by atoms with E-state index < -0.39 is 0 Å². The van der Waals surface area contributed by atoms with Crippen molar-refractivity contribution in [2.24, 2.45) is 0 Å². The van der Waals surface area contributed by atoms with Crippen molar-refractivity contribution in [2.75, 3.05) is 18.4 Å². The van der Waals surface area contributed by atoms with Crippen LogP contribution in [0.4, 0.5) is 5.69 Å². The smallest absolute Gasteiger partial charge is 0.258 e. The molecule has 0 saturated carbocycles. The van der Waals surface area contributed by atoms with Gasteiger partial charge >= 0.3 is 0 Å². The minimum Gasteiger partial charge on any atom is -0.472 e. The van der Waals surface area contributed by atoms with Crippen LogP contribution in [0, 0.1) is 0 Å². The van der Waals surface area contributed by atoms with Gasteiger partial charge in [-0.3, -0.25) is 4.79 Å². The van der Waals surface area contributed by atoms with E-state index in [1.165, 1.54) is 30.9 Å². The Hall–Kier alpha value is -2.53. The number of furan rings is 2. The quantitative estimate of drug-likeness (QED) is 0.608. The van der Waals surface area contributed by atoms with Gasteiger partial charge in [0.1, 0.15) is 17.6 Å². The lowest BCUT2D eigenvalue weighted by molar-refractivity contribution is 0.102. The number of benzene rings is 1. The molecule has 0 radical (unpaired) electrons. The summed E-state index contributed by atoms with van der Waals surface area (Å²) in [7, 11) is 0. The van der Waals surface area contributed by atoms with Crippen molar-refractivity contribution in [3.05, 3.63) is 53.7 Å². The maximum absolute atomic E-state index is 12.3. The van der Waals surface area contributed by atoms with E-state index in [2.05, 4.69) is 24.1 Å². The van der Waals surface area contributed by atoms with E-state index in [4.69, 9.17) is 8.83 Å². The number of hydrogen-bond donors (Lipinski definition) is 1. The second kappa shape index (κ2) is 8.23. The standard InChI is InChI=1S/C23H28N2O3/c1-3-10-25(11-4-2)18-6-8-22-20(14-18)19-13-17(5-7-21(19)28-22)24-23(26)16-9-12-27-15-16/h5,7,9,12-13,15,18H,3-4,6,8,10-11,14H2,1-2H3,(H,24,26). The normalized spacial score (nSPS) is 16.5. The largest absolute Gasteiger partial charge is 0.472 e. The molecule has 2 heterocycles. The molecular formula is C23H28N2O3. The monoisotopic (exact) mass is 380 g/mol. The lowest BCUT2D eigenvalue weighted by Gasteiger charge is -2.33. The van der Waals surface area contributed by atoms with Gasteiger partial charge in [-0.15, -0.1) is 0 Å². The number of fused-ring (bicyclic) bond motifs is 3. The molecule has 0 aliphatic heterocycles. The number of anilines is 1. The van der Waals surface area contributed by atoms with Gasteiger partial charge in [0.05, 0.1) is 11.8 Å². The van der Waals surface area contributed by atoms with Gasteiger partial charge in [0, 0.05) is 29.1 Å². The predicted octanol–water partition coefficient (Wildman–Crippen LogP) is 5.26. The fourth-order valence-corrected chi connectivity index (χ4v) is 4.30. The molecule has 1 atom stereocenters. The minimum absolute atomic E-state index is 0.166. The van der Waals surface area contributed by atoms with Crippen LogP contribution in [0.15, 0.2) is 45.6 Å². The molecule has 1 aliphatic rings. The molecule has 0 spiro atoms. The van der Waals surface area contributed by atoms with Crippen LogP contribution in [-0.2, 0) is 12.8 Å². The molecule has 148 valence electrons. The van der Waals surface area contributed by atoms with Crippen LogP contribution in [-0.4, -0.2) is 29.9 Å². The van der Waals surface area contributed by atoms with E-state index >= 15 is 0 Å². The topological polar surface area (TPSA) is 58.6 Å². The first-order chi connectivity index (χ1) is 13.7. The third-order valence-electron chi connectivity index (χ3n) is 5.60. The Morgan fingerprint density at radius 3 is 2.75 bits per heavy atom. The fraction of sp³-hybridized carbons (Fsp3) is 0.435. The molecule has 28 heavy (non-hydrogen) atoms. The van der Waals surface area contributed by atoms with E-state index in [1.807, 2.05) is 18.2 Å². The molecule has 1 aromatic carbocycles. The molecule has 0 bridgehead atoms. The van der Waals surface area contributed by atoms with Gasteiger partial charge in [0.15, 0.2) is 0 Å². The molecule has 3 aromatic rings. The lowest BCUT2D eigenvalue weighted by atomic mass is 9.90. The van der Waals surface area contributed by atoms with Gasteiger partial charge in [-0.05, 0) is 63.0 Å². The van der Waals surface area contributed by atoms with Crippen LogP contribution >= 0.6 is 0 Å². The van der Waals surface area contributed by atoms with Crippen molar-refractivity contribution in [3.8, 4) is 0 Å². The van der Waals surface area contributed by atoms with Crippen LogP contribution in [0.5, 0.6) is 0 Å². The van der Waals surface area contributed by atoms with Crippen molar-refractivity contribution >= 4 is 22.6 Å². The first-order valence-electron chi connectivity index (χ1n) is 10.3. The molecule has 0 fully saturated rings. The summed E-state index contributed by atoms with van der Waals surface area (Å²) < 4.78 is 11.1. The summed E-state index contributed by atoms with van der Waals surface area (Å²) in [4.78, 5) is 15.0. The highest BCUT2D eigenvalue weighted by Gasteiger charge is 2.27. The first-order valence-corrected chi connectivity index (χ1v) is 10.3. The lowest BCUT2D eigenvalue weighted by Crippen LogP contribution is -2.40. The zero-order chi connectivity index (χ0) is 19.5. The van der Waals surface area contributed by atoms with Crippen LogP contribution in [0.1, 0.15) is 54.8 Å². The van der Waals surface area contributed by atoms with E-state index in [-0.39, 0.29) is 5.91 Å². The van der Waals surface area contributed by atoms with Crippen molar-refractivity contribution in [1.82, 2.24) is 4.90 Å². The van der Waals surface area contributed by atoms with E-state index in [0.29, 0.717) is 11.6 Å². The molecule has 0 saturated heterocycles. The average Bonchev–Trinajstić information content (AvgIpc) is 3.35. The molecule has 5 heteroatoms. The van der Waals surface area contributed by atoms with Crippen LogP contribution < -0.4 is 5.32 Å². The maximum atomic E-state index is 12.3. The van der Waals surface area contributed by atoms with Gasteiger partial charge < -0.3 is 19.1 Å². The number of carbonyl (C=O) groups excluding carboxylic acids is 1. The van der Waals surface area contributed by atoms with Gasteiger partial charge in [-0.1, -0.05) is 13.8 Å². The predicted molar refractivity (Wildman–Crippen MR) is 111 cm³/mol. The zero-order valence-electron chi connectivity index (χ0n) is 16.7. The molecule has 5 nitrogen and oxygen atoms in total. The highest BCUT2D eigenvalue weighted by Crippen LogP contribution is 2.35. The average molecular weight is 380 g/mol. The summed E-state index contributed by atoms with van der Waals surface area (Å²) >= 11 is 0. The number of rotatable bonds is 7. The third kappa shape index (κ3) is 3.72. The molecule has 1 aliphatic carbocycles. The number of nitrogens with one attached hydrogen (secondary N) is 1. The number of amides is 1. The molecule has 1 N–H and O–H groups in total. The summed E-state index contributed by atoms with van der Waals surface area (Å²) in [5, 5.41) is 4.08. The third-order valence-corrected chi connectivity index (χ3v) is 5.60. The molecule has 1 amide bonds. The Labute approximate surface area is 165 Å². The Bertz CT molecular complexity index is 936. The Morgan fingerprint density at radius 2 is 2.04 bits per heavy atom. The summed E-state index contributed by atoms with van der Waals surface area (Å²) in [5.74, 6) is 0.943. The van der Waals surface area contributed by atoms with Gasteiger partial charge in [0.2, 0.25) is 0 Å². The van der Waals surface area contributed by atoms with Gasteiger partial charge in [0.25, 0.3) is 5.91 Å². The summed E-state index contributed by atoms with van der Waals surface area (Å²) in [6.07, 6.45) is 8.46. The highest BCUT2D eigenvalue weighted by atomic mass is 16.3. The highest BCUT2D eigenvalue weighted by molar-refractivity contribution is 6.05. The SMILES string of the molecule is CCCN(CCC)C1CCc2oc3ccc(NC(=O)c4ccoc4)cc3c2C1. The molecule has 2 aromatic heterocycles. The number of carbonyl (C=O) groups is 1. The summed E-state index contributed by atoms with van der Waals surface area (Å²) in [6.45, 7) is 6.80. The number of aryl methyl sites for hydroxylation is 1.